The fourth-order valence-electron chi connectivity index (χ4n) is 1.72. The third kappa shape index (κ3) is 3.89. The largest absolute Gasteiger partial charge is 0.396 e. The maximum absolute atomic E-state index is 8.81. The molecular weight excluding hydrogens is 254 g/mol. The molecule has 0 spiro atoms. The molecule has 0 radical (unpaired) electrons. The number of aliphatic hydroxyl groups is 1. The smallest absolute Gasteiger partial charge is 0.225 e. The van der Waals surface area contributed by atoms with Crippen molar-refractivity contribution in [3.8, 4) is 11.4 Å². The van der Waals surface area contributed by atoms with Crippen molar-refractivity contribution >= 4 is 11.8 Å². The molecule has 0 bridgehead atoms. The molecule has 2 heterocycles. The van der Waals surface area contributed by atoms with E-state index >= 15 is 0 Å². The van der Waals surface area contributed by atoms with Gasteiger partial charge in [-0.05, 0) is 25.5 Å². The molecule has 6 nitrogen and oxygen atoms in total. The molecule has 2 aromatic heterocycles. The van der Waals surface area contributed by atoms with Crippen molar-refractivity contribution in [2.24, 2.45) is 0 Å². The first-order valence-electron chi connectivity index (χ1n) is 6.72. The normalized spacial score (nSPS) is 10.3. The van der Waals surface area contributed by atoms with Crippen molar-refractivity contribution in [2.45, 2.75) is 13.3 Å². The second kappa shape index (κ2) is 7.40. The van der Waals surface area contributed by atoms with Crippen LogP contribution in [0.4, 0.5) is 11.8 Å². The zero-order valence-electron chi connectivity index (χ0n) is 11.5. The Labute approximate surface area is 118 Å². The fraction of sp³-hybridized carbons (Fsp3) is 0.357. The zero-order valence-corrected chi connectivity index (χ0v) is 11.5. The molecule has 0 aliphatic rings. The SMILES string of the molecule is CCNc1cc(-c2ccccn2)nc(NCCCO)n1. The summed E-state index contributed by atoms with van der Waals surface area (Å²) in [5.74, 6) is 1.30. The third-order valence-corrected chi connectivity index (χ3v) is 2.63. The van der Waals surface area contributed by atoms with Gasteiger partial charge in [-0.1, -0.05) is 6.07 Å². The molecule has 0 atom stereocenters. The Bertz CT molecular complexity index is 532. The van der Waals surface area contributed by atoms with E-state index in [4.69, 9.17) is 5.11 Å². The molecule has 0 saturated carbocycles. The topological polar surface area (TPSA) is 83.0 Å². The number of aliphatic hydroxyl groups excluding tert-OH is 1. The van der Waals surface area contributed by atoms with Crippen LogP contribution in [0.5, 0.6) is 0 Å². The number of hydrogen-bond acceptors (Lipinski definition) is 6. The van der Waals surface area contributed by atoms with Crippen molar-refractivity contribution < 1.29 is 5.11 Å². The van der Waals surface area contributed by atoms with Crippen LogP contribution in [0.2, 0.25) is 0 Å². The number of hydrogen-bond donors (Lipinski definition) is 3. The van der Waals surface area contributed by atoms with Crippen LogP contribution < -0.4 is 10.6 Å². The monoisotopic (exact) mass is 273 g/mol. The van der Waals surface area contributed by atoms with Gasteiger partial charge in [-0.15, -0.1) is 0 Å². The van der Waals surface area contributed by atoms with E-state index in [1.807, 2.05) is 31.2 Å². The number of pyridine rings is 1. The Morgan fingerprint density at radius 2 is 2.05 bits per heavy atom. The molecule has 0 aliphatic carbocycles. The Hall–Kier alpha value is -2.21. The molecular formula is C14H19N5O. The molecule has 2 aromatic rings. The summed E-state index contributed by atoms with van der Waals surface area (Å²) in [6.07, 6.45) is 2.40. The van der Waals surface area contributed by atoms with Crippen LogP contribution in [0, 0.1) is 0 Å². The van der Waals surface area contributed by atoms with Crippen molar-refractivity contribution in [3.63, 3.8) is 0 Å². The minimum absolute atomic E-state index is 0.146. The van der Waals surface area contributed by atoms with Gasteiger partial charge in [0.05, 0.1) is 11.4 Å². The second-order valence-corrected chi connectivity index (χ2v) is 4.21. The van der Waals surface area contributed by atoms with Crippen LogP contribution >= 0.6 is 0 Å². The highest BCUT2D eigenvalue weighted by atomic mass is 16.3. The predicted molar refractivity (Wildman–Crippen MR) is 79.6 cm³/mol. The van der Waals surface area contributed by atoms with E-state index < -0.39 is 0 Å². The molecule has 3 N–H and O–H groups in total. The van der Waals surface area contributed by atoms with Crippen molar-refractivity contribution in [1.29, 1.82) is 0 Å². The van der Waals surface area contributed by atoms with Crippen LogP contribution in [-0.2, 0) is 0 Å². The summed E-state index contributed by atoms with van der Waals surface area (Å²) in [5, 5.41) is 15.1. The predicted octanol–water partition coefficient (Wildman–Crippen LogP) is 1.76. The van der Waals surface area contributed by atoms with Crippen LogP contribution in [0.25, 0.3) is 11.4 Å². The van der Waals surface area contributed by atoms with E-state index in [1.54, 1.807) is 6.20 Å². The molecule has 0 fully saturated rings. The highest BCUT2D eigenvalue weighted by molar-refractivity contribution is 5.60. The van der Waals surface area contributed by atoms with Gasteiger partial charge in [0.15, 0.2) is 0 Å². The molecule has 0 aliphatic heterocycles. The minimum Gasteiger partial charge on any atom is -0.396 e. The molecule has 0 saturated heterocycles. The van der Waals surface area contributed by atoms with E-state index in [0.717, 1.165) is 23.8 Å². The fourth-order valence-corrected chi connectivity index (χ4v) is 1.72. The van der Waals surface area contributed by atoms with Gasteiger partial charge >= 0.3 is 0 Å². The van der Waals surface area contributed by atoms with Crippen molar-refractivity contribution in [3.05, 3.63) is 30.5 Å². The van der Waals surface area contributed by atoms with Gasteiger partial charge in [0.2, 0.25) is 5.95 Å². The lowest BCUT2D eigenvalue weighted by Crippen LogP contribution is -2.09. The lowest BCUT2D eigenvalue weighted by atomic mass is 10.2. The first kappa shape index (κ1) is 14.2. The first-order valence-corrected chi connectivity index (χ1v) is 6.72. The zero-order chi connectivity index (χ0) is 14.2. The molecule has 2 rings (SSSR count). The van der Waals surface area contributed by atoms with E-state index in [-0.39, 0.29) is 6.61 Å². The molecule has 0 amide bonds. The number of nitrogens with zero attached hydrogens (tertiary/aromatic N) is 3. The van der Waals surface area contributed by atoms with Gasteiger partial charge in [-0.3, -0.25) is 4.98 Å². The number of rotatable bonds is 7. The second-order valence-electron chi connectivity index (χ2n) is 4.21. The van der Waals surface area contributed by atoms with E-state index in [2.05, 4.69) is 25.6 Å². The standard InChI is InChI=1S/C14H19N5O/c1-2-15-13-10-12(11-6-3-4-7-16-11)18-14(19-13)17-8-5-9-20/h3-4,6-7,10,20H,2,5,8-9H2,1H3,(H2,15,17,18,19). The van der Waals surface area contributed by atoms with Crippen LogP contribution in [-0.4, -0.2) is 39.8 Å². The highest BCUT2D eigenvalue weighted by Crippen LogP contribution is 2.19. The highest BCUT2D eigenvalue weighted by Gasteiger charge is 2.06. The van der Waals surface area contributed by atoms with Crippen molar-refractivity contribution in [2.75, 3.05) is 30.3 Å². The Kier molecular flexibility index (Phi) is 5.25. The summed E-state index contributed by atoms with van der Waals surface area (Å²) >= 11 is 0. The molecule has 106 valence electrons. The third-order valence-electron chi connectivity index (χ3n) is 2.63. The molecule has 0 aromatic carbocycles. The van der Waals surface area contributed by atoms with Crippen LogP contribution in [0.1, 0.15) is 13.3 Å². The number of aromatic nitrogens is 3. The number of nitrogens with one attached hydrogen (secondary N) is 2. The van der Waals surface area contributed by atoms with Gasteiger partial charge in [-0.2, -0.15) is 4.98 Å². The average Bonchev–Trinajstić information content (AvgIpc) is 2.49. The van der Waals surface area contributed by atoms with Gasteiger partial charge in [0.25, 0.3) is 0 Å². The van der Waals surface area contributed by atoms with Gasteiger partial charge in [-0.25, -0.2) is 4.98 Å². The summed E-state index contributed by atoms with van der Waals surface area (Å²) in [4.78, 5) is 13.1. The average molecular weight is 273 g/mol. The maximum atomic E-state index is 8.81. The summed E-state index contributed by atoms with van der Waals surface area (Å²) in [7, 11) is 0. The quantitative estimate of drug-likeness (QED) is 0.667. The first-order chi connectivity index (χ1) is 9.83. The minimum atomic E-state index is 0.146. The molecule has 0 unspecified atom stereocenters. The maximum Gasteiger partial charge on any atom is 0.225 e. The van der Waals surface area contributed by atoms with E-state index in [9.17, 15) is 0 Å². The number of anilines is 2. The van der Waals surface area contributed by atoms with Crippen LogP contribution in [0.3, 0.4) is 0 Å². The summed E-state index contributed by atoms with van der Waals surface area (Å²) < 4.78 is 0. The summed E-state index contributed by atoms with van der Waals surface area (Å²) in [6.45, 7) is 3.58. The van der Waals surface area contributed by atoms with Gasteiger partial charge in [0, 0.05) is 32.0 Å². The molecule has 6 heteroatoms. The summed E-state index contributed by atoms with van der Waals surface area (Å²) in [6, 6.07) is 7.59. The van der Waals surface area contributed by atoms with Crippen LogP contribution in [0.15, 0.2) is 30.5 Å². The lowest BCUT2D eigenvalue weighted by Gasteiger charge is -2.09. The van der Waals surface area contributed by atoms with Gasteiger partial charge in [0.1, 0.15) is 5.82 Å². The van der Waals surface area contributed by atoms with E-state index in [1.165, 1.54) is 0 Å². The Morgan fingerprint density at radius 1 is 1.15 bits per heavy atom. The van der Waals surface area contributed by atoms with E-state index in [0.29, 0.717) is 18.9 Å². The lowest BCUT2D eigenvalue weighted by molar-refractivity contribution is 0.292. The molecule has 20 heavy (non-hydrogen) atoms. The Morgan fingerprint density at radius 3 is 2.75 bits per heavy atom. The van der Waals surface area contributed by atoms with Gasteiger partial charge < -0.3 is 15.7 Å². The summed E-state index contributed by atoms with van der Waals surface area (Å²) in [5.41, 5.74) is 1.57. The van der Waals surface area contributed by atoms with Crippen molar-refractivity contribution in [1.82, 2.24) is 15.0 Å². The Balaban J connectivity index is 2.26.